The van der Waals surface area contributed by atoms with E-state index in [-0.39, 0.29) is 6.03 Å². The zero-order valence-electron chi connectivity index (χ0n) is 12.7. The van der Waals surface area contributed by atoms with Gasteiger partial charge in [0.2, 0.25) is 0 Å². The van der Waals surface area contributed by atoms with Crippen LogP contribution in [0.25, 0.3) is 11.3 Å². The number of urea groups is 1. The minimum Gasteiger partial charge on any atom is -0.354 e. The van der Waals surface area contributed by atoms with Crippen molar-refractivity contribution in [2.24, 2.45) is 0 Å². The van der Waals surface area contributed by atoms with Crippen molar-refractivity contribution < 1.29 is 9.32 Å². The van der Waals surface area contributed by atoms with Crippen LogP contribution in [0.5, 0.6) is 0 Å². The molecule has 0 saturated heterocycles. The molecule has 2 N–H and O–H groups in total. The Morgan fingerprint density at radius 2 is 1.91 bits per heavy atom. The van der Waals surface area contributed by atoms with Crippen LogP contribution in [0, 0.1) is 6.92 Å². The highest BCUT2D eigenvalue weighted by atomic mass is 16.5. The number of anilines is 1. The molecule has 0 spiro atoms. The van der Waals surface area contributed by atoms with Crippen LogP contribution in [0.2, 0.25) is 0 Å². The molecule has 3 aromatic rings. The van der Waals surface area contributed by atoms with Crippen molar-refractivity contribution in [1.29, 1.82) is 0 Å². The second-order valence-corrected chi connectivity index (χ2v) is 5.24. The SMILES string of the molecule is Cc1cccc(CNC(=O)Nc2cc(-c3ccccc3)on2)c1. The summed E-state index contributed by atoms with van der Waals surface area (Å²) in [4.78, 5) is 11.9. The van der Waals surface area contributed by atoms with Crippen LogP contribution in [0.15, 0.2) is 65.2 Å². The van der Waals surface area contributed by atoms with Crippen molar-refractivity contribution in [2.45, 2.75) is 13.5 Å². The van der Waals surface area contributed by atoms with Gasteiger partial charge in [0, 0.05) is 18.2 Å². The Morgan fingerprint density at radius 3 is 2.70 bits per heavy atom. The largest absolute Gasteiger partial charge is 0.354 e. The molecule has 0 radical (unpaired) electrons. The third kappa shape index (κ3) is 3.97. The van der Waals surface area contributed by atoms with Gasteiger partial charge in [-0.05, 0) is 12.5 Å². The summed E-state index contributed by atoms with van der Waals surface area (Å²) in [5.74, 6) is 0.991. The smallest absolute Gasteiger partial charge is 0.320 e. The summed E-state index contributed by atoms with van der Waals surface area (Å²) >= 11 is 0. The summed E-state index contributed by atoms with van der Waals surface area (Å²) in [6.07, 6.45) is 0. The summed E-state index contributed by atoms with van der Waals surface area (Å²) in [5, 5.41) is 9.31. The van der Waals surface area contributed by atoms with E-state index in [2.05, 4.69) is 15.8 Å². The lowest BCUT2D eigenvalue weighted by atomic mass is 10.1. The lowest BCUT2D eigenvalue weighted by Gasteiger charge is -2.05. The molecule has 5 nitrogen and oxygen atoms in total. The molecule has 0 aliphatic carbocycles. The Hall–Kier alpha value is -3.08. The molecule has 0 aliphatic heterocycles. The van der Waals surface area contributed by atoms with Crippen LogP contribution < -0.4 is 10.6 Å². The molecule has 116 valence electrons. The minimum absolute atomic E-state index is 0.320. The monoisotopic (exact) mass is 307 g/mol. The van der Waals surface area contributed by atoms with Crippen molar-refractivity contribution in [2.75, 3.05) is 5.32 Å². The van der Waals surface area contributed by atoms with Crippen LogP contribution in [0.3, 0.4) is 0 Å². The van der Waals surface area contributed by atoms with Crippen molar-refractivity contribution in [3.8, 4) is 11.3 Å². The van der Waals surface area contributed by atoms with Crippen LogP contribution >= 0.6 is 0 Å². The number of hydrogen-bond donors (Lipinski definition) is 2. The summed E-state index contributed by atoms with van der Waals surface area (Å²) in [5.41, 5.74) is 3.12. The van der Waals surface area contributed by atoms with Crippen molar-refractivity contribution in [3.05, 3.63) is 71.8 Å². The molecule has 2 amide bonds. The van der Waals surface area contributed by atoms with E-state index < -0.39 is 0 Å². The predicted molar refractivity (Wildman–Crippen MR) is 89.0 cm³/mol. The first-order valence-electron chi connectivity index (χ1n) is 7.33. The summed E-state index contributed by atoms with van der Waals surface area (Å²) in [7, 11) is 0. The Labute approximate surface area is 134 Å². The Kier molecular flexibility index (Phi) is 4.38. The molecule has 3 rings (SSSR count). The average molecular weight is 307 g/mol. The van der Waals surface area contributed by atoms with Gasteiger partial charge in [-0.1, -0.05) is 65.3 Å². The first-order chi connectivity index (χ1) is 11.2. The number of hydrogen-bond acceptors (Lipinski definition) is 3. The zero-order chi connectivity index (χ0) is 16.1. The van der Waals surface area contributed by atoms with Gasteiger partial charge in [0.15, 0.2) is 11.6 Å². The van der Waals surface area contributed by atoms with Crippen LogP contribution in [-0.2, 0) is 6.54 Å². The predicted octanol–water partition coefficient (Wildman–Crippen LogP) is 3.97. The lowest BCUT2D eigenvalue weighted by molar-refractivity contribution is 0.251. The number of rotatable bonds is 4. The van der Waals surface area contributed by atoms with Gasteiger partial charge in [0.1, 0.15) is 0 Å². The Morgan fingerprint density at radius 1 is 1.09 bits per heavy atom. The fraction of sp³-hybridized carbons (Fsp3) is 0.111. The highest BCUT2D eigenvalue weighted by Crippen LogP contribution is 2.21. The fourth-order valence-corrected chi connectivity index (χ4v) is 2.24. The van der Waals surface area contributed by atoms with Crippen molar-refractivity contribution >= 4 is 11.8 Å². The topological polar surface area (TPSA) is 67.2 Å². The van der Waals surface area contributed by atoms with Gasteiger partial charge in [0.25, 0.3) is 0 Å². The maximum atomic E-state index is 11.9. The van der Waals surface area contributed by atoms with Crippen LogP contribution in [0.4, 0.5) is 10.6 Å². The molecule has 1 aromatic heterocycles. The molecule has 0 atom stereocenters. The number of aromatic nitrogens is 1. The maximum Gasteiger partial charge on any atom is 0.320 e. The lowest BCUT2D eigenvalue weighted by Crippen LogP contribution is -2.28. The van der Waals surface area contributed by atoms with E-state index in [1.54, 1.807) is 6.07 Å². The number of benzene rings is 2. The normalized spacial score (nSPS) is 10.3. The second kappa shape index (κ2) is 6.79. The van der Waals surface area contributed by atoms with Crippen LogP contribution in [-0.4, -0.2) is 11.2 Å². The van der Waals surface area contributed by atoms with Gasteiger partial charge in [-0.3, -0.25) is 5.32 Å². The van der Waals surface area contributed by atoms with Gasteiger partial charge >= 0.3 is 6.03 Å². The second-order valence-electron chi connectivity index (χ2n) is 5.24. The molecular formula is C18H17N3O2. The standard InChI is InChI=1S/C18H17N3O2/c1-13-6-5-7-14(10-13)12-19-18(22)20-17-11-16(23-21-17)15-8-3-2-4-9-15/h2-11H,12H2,1H3,(H2,19,20,21,22). The molecule has 2 aromatic carbocycles. The molecule has 0 aliphatic rings. The molecule has 23 heavy (non-hydrogen) atoms. The molecule has 5 heteroatoms. The molecule has 0 fully saturated rings. The number of carbonyl (C=O) groups excluding carboxylic acids is 1. The van der Waals surface area contributed by atoms with Gasteiger partial charge in [-0.2, -0.15) is 0 Å². The first kappa shape index (κ1) is 14.8. The number of amides is 2. The summed E-state index contributed by atoms with van der Waals surface area (Å²) < 4.78 is 5.24. The molecule has 0 saturated carbocycles. The highest BCUT2D eigenvalue weighted by Gasteiger charge is 2.09. The number of aryl methyl sites for hydroxylation is 1. The molecule has 1 heterocycles. The maximum absolute atomic E-state index is 11.9. The van der Waals surface area contributed by atoms with Gasteiger partial charge in [-0.15, -0.1) is 0 Å². The van der Waals surface area contributed by atoms with Gasteiger partial charge in [-0.25, -0.2) is 4.79 Å². The third-order valence-electron chi connectivity index (χ3n) is 3.35. The molecule has 0 unspecified atom stereocenters. The fourth-order valence-electron chi connectivity index (χ4n) is 2.24. The Bertz CT molecular complexity index is 797. The summed E-state index contributed by atoms with van der Waals surface area (Å²) in [6, 6.07) is 19.0. The molecule has 0 bridgehead atoms. The van der Waals surface area contributed by atoms with E-state index in [1.165, 1.54) is 0 Å². The van der Waals surface area contributed by atoms with E-state index >= 15 is 0 Å². The van der Waals surface area contributed by atoms with Crippen molar-refractivity contribution in [3.63, 3.8) is 0 Å². The third-order valence-corrected chi connectivity index (χ3v) is 3.35. The van der Waals surface area contributed by atoms with Gasteiger partial charge in [0.05, 0.1) is 0 Å². The number of carbonyl (C=O) groups is 1. The Balaban J connectivity index is 1.57. The van der Waals surface area contributed by atoms with Crippen LogP contribution in [0.1, 0.15) is 11.1 Å². The molecular weight excluding hydrogens is 290 g/mol. The number of nitrogens with zero attached hydrogens (tertiary/aromatic N) is 1. The van der Waals surface area contributed by atoms with E-state index in [9.17, 15) is 4.79 Å². The van der Waals surface area contributed by atoms with E-state index in [1.807, 2.05) is 61.5 Å². The number of nitrogens with one attached hydrogen (secondary N) is 2. The zero-order valence-corrected chi connectivity index (χ0v) is 12.7. The van der Waals surface area contributed by atoms with E-state index in [0.29, 0.717) is 18.1 Å². The van der Waals surface area contributed by atoms with E-state index in [0.717, 1.165) is 16.7 Å². The highest BCUT2D eigenvalue weighted by molar-refractivity contribution is 5.88. The van der Waals surface area contributed by atoms with Crippen molar-refractivity contribution in [1.82, 2.24) is 10.5 Å². The first-order valence-corrected chi connectivity index (χ1v) is 7.33. The van der Waals surface area contributed by atoms with Gasteiger partial charge < -0.3 is 9.84 Å². The minimum atomic E-state index is -0.320. The average Bonchev–Trinajstić information content (AvgIpc) is 3.02. The van der Waals surface area contributed by atoms with E-state index in [4.69, 9.17) is 4.52 Å². The quantitative estimate of drug-likeness (QED) is 0.766. The summed E-state index contributed by atoms with van der Waals surface area (Å²) in [6.45, 7) is 2.47.